The summed E-state index contributed by atoms with van der Waals surface area (Å²) in [5, 5.41) is 7.38. The van der Waals surface area contributed by atoms with E-state index in [1.165, 1.54) is 0 Å². The van der Waals surface area contributed by atoms with E-state index in [1.807, 2.05) is 6.92 Å². The molecule has 0 saturated carbocycles. The molecule has 42 valence electrons. The van der Waals surface area contributed by atoms with Gasteiger partial charge in [0.25, 0.3) is 0 Å². The van der Waals surface area contributed by atoms with Crippen molar-refractivity contribution < 1.29 is 0 Å². The maximum absolute atomic E-state index is 3.09. The molecule has 0 aromatic heterocycles. The Labute approximate surface area is 52.6 Å². The second kappa shape index (κ2) is 2.64. The standard InChI is InChI=1S/C7H8S/c1-2-5-8-6-3-4-7-8/h3-4,6-8H,1H3. The van der Waals surface area contributed by atoms with Gasteiger partial charge in [-0.15, -0.1) is 10.9 Å². The molecular weight excluding hydrogens is 116 g/mol. The first-order valence-electron chi connectivity index (χ1n) is 2.49. The van der Waals surface area contributed by atoms with E-state index in [0.29, 0.717) is 0 Å². The lowest BCUT2D eigenvalue weighted by atomic mass is 10.6. The minimum absolute atomic E-state index is 0.167. The van der Waals surface area contributed by atoms with E-state index >= 15 is 0 Å². The third-order valence-electron chi connectivity index (χ3n) is 0.845. The molecule has 0 aliphatic carbocycles. The van der Waals surface area contributed by atoms with Crippen LogP contribution in [-0.4, -0.2) is 0 Å². The van der Waals surface area contributed by atoms with E-state index < -0.39 is 0 Å². The third-order valence-corrected chi connectivity index (χ3v) is 2.31. The maximum atomic E-state index is 3.09. The van der Waals surface area contributed by atoms with Gasteiger partial charge in [-0.3, -0.25) is 0 Å². The molecule has 0 aromatic carbocycles. The summed E-state index contributed by atoms with van der Waals surface area (Å²) in [5.41, 5.74) is 0. The molecule has 0 saturated heterocycles. The first kappa shape index (κ1) is 5.53. The van der Waals surface area contributed by atoms with Crippen LogP contribution >= 0.6 is 10.9 Å². The number of thiol groups is 1. The van der Waals surface area contributed by atoms with Crippen molar-refractivity contribution in [3.8, 4) is 11.2 Å². The number of rotatable bonds is 0. The van der Waals surface area contributed by atoms with Crippen molar-refractivity contribution in [2.75, 3.05) is 0 Å². The average Bonchev–Trinajstić information content (AvgIpc) is 2.19. The van der Waals surface area contributed by atoms with E-state index in [9.17, 15) is 0 Å². The van der Waals surface area contributed by atoms with Crippen LogP contribution in [0.2, 0.25) is 0 Å². The van der Waals surface area contributed by atoms with E-state index in [2.05, 4.69) is 34.1 Å². The first-order valence-corrected chi connectivity index (χ1v) is 3.97. The second-order valence-electron chi connectivity index (χ2n) is 1.45. The Morgan fingerprint density at radius 3 is 2.38 bits per heavy atom. The molecule has 8 heavy (non-hydrogen) atoms. The number of allylic oxidation sites excluding steroid dienone is 2. The lowest BCUT2D eigenvalue weighted by Crippen LogP contribution is -1.53. The molecule has 0 radical (unpaired) electrons. The van der Waals surface area contributed by atoms with Gasteiger partial charge in [-0.1, -0.05) is 18.1 Å². The SMILES string of the molecule is CC#C[SH]1C=CC=C1. The van der Waals surface area contributed by atoms with Gasteiger partial charge in [0.15, 0.2) is 0 Å². The summed E-state index contributed by atoms with van der Waals surface area (Å²) in [7, 11) is -0.167. The van der Waals surface area contributed by atoms with Gasteiger partial charge in [0.1, 0.15) is 0 Å². The lowest BCUT2D eigenvalue weighted by molar-refractivity contribution is 1.93. The Hall–Kier alpha value is -0.610. The molecule has 1 rings (SSSR count). The van der Waals surface area contributed by atoms with Crippen LogP contribution < -0.4 is 0 Å². The molecule has 0 aromatic rings. The zero-order valence-electron chi connectivity index (χ0n) is 4.76. The molecule has 0 unspecified atom stereocenters. The Morgan fingerprint density at radius 1 is 1.25 bits per heavy atom. The molecule has 0 amide bonds. The fourth-order valence-corrected chi connectivity index (χ4v) is 1.61. The van der Waals surface area contributed by atoms with E-state index in [0.717, 1.165) is 0 Å². The Kier molecular flexibility index (Phi) is 1.82. The summed E-state index contributed by atoms with van der Waals surface area (Å²) >= 11 is 0. The fourth-order valence-electron chi connectivity index (χ4n) is 0.538. The van der Waals surface area contributed by atoms with Gasteiger partial charge in [-0.2, -0.15) is 0 Å². The number of hydrogen-bond acceptors (Lipinski definition) is 0. The van der Waals surface area contributed by atoms with Crippen molar-refractivity contribution in [2.24, 2.45) is 0 Å². The van der Waals surface area contributed by atoms with Crippen LogP contribution in [0.25, 0.3) is 0 Å². The van der Waals surface area contributed by atoms with Crippen LogP contribution in [0.5, 0.6) is 0 Å². The normalized spacial score (nSPS) is 18.4. The fraction of sp³-hybridized carbons (Fsp3) is 0.143. The summed E-state index contributed by atoms with van der Waals surface area (Å²) < 4.78 is 0. The van der Waals surface area contributed by atoms with E-state index in [4.69, 9.17) is 0 Å². The molecule has 1 heterocycles. The van der Waals surface area contributed by atoms with Gasteiger partial charge >= 0.3 is 0 Å². The van der Waals surface area contributed by atoms with Gasteiger partial charge in [-0.05, 0) is 23.0 Å². The molecule has 0 spiro atoms. The minimum Gasteiger partial charge on any atom is -0.148 e. The zero-order chi connectivity index (χ0) is 5.82. The number of hydrogen-bond donors (Lipinski definition) is 1. The molecule has 1 heteroatoms. The molecule has 0 bridgehead atoms. The van der Waals surface area contributed by atoms with E-state index in [-0.39, 0.29) is 10.9 Å². The highest BCUT2D eigenvalue weighted by Gasteiger charge is 1.89. The molecule has 0 nitrogen and oxygen atoms in total. The highest BCUT2D eigenvalue weighted by Crippen LogP contribution is 2.30. The summed E-state index contributed by atoms with van der Waals surface area (Å²) in [6, 6.07) is 0. The highest BCUT2D eigenvalue weighted by molar-refractivity contribution is 8.26. The van der Waals surface area contributed by atoms with Gasteiger partial charge in [-0.25, -0.2) is 0 Å². The minimum atomic E-state index is -0.167. The Balaban J connectivity index is 2.58. The first-order chi connectivity index (χ1) is 3.93. The Bertz CT molecular complexity index is 166. The average molecular weight is 124 g/mol. The van der Waals surface area contributed by atoms with Crippen molar-refractivity contribution in [3.63, 3.8) is 0 Å². The summed E-state index contributed by atoms with van der Waals surface area (Å²) in [6.07, 6.45) is 4.10. The van der Waals surface area contributed by atoms with Crippen LogP contribution in [0.15, 0.2) is 23.0 Å². The zero-order valence-corrected chi connectivity index (χ0v) is 5.65. The van der Waals surface area contributed by atoms with Gasteiger partial charge in [0.05, 0.1) is 0 Å². The van der Waals surface area contributed by atoms with Gasteiger partial charge in [0, 0.05) is 0 Å². The smallest absolute Gasteiger partial charge is 0.00185 e. The van der Waals surface area contributed by atoms with Crippen molar-refractivity contribution in [1.82, 2.24) is 0 Å². The topological polar surface area (TPSA) is 0 Å². The lowest BCUT2D eigenvalue weighted by Gasteiger charge is -1.93. The van der Waals surface area contributed by atoms with Crippen LogP contribution in [0.1, 0.15) is 6.92 Å². The van der Waals surface area contributed by atoms with Crippen LogP contribution in [0.4, 0.5) is 0 Å². The quantitative estimate of drug-likeness (QED) is 0.370. The van der Waals surface area contributed by atoms with Crippen LogP contribution in [0, 0.1) is 11.2 Å². The van der Waals surface area contributed by atoms with Gasteiger partial charge < -0.3 is 0 Å². The predicted molar refractivity (Wildman–Crippen MR) is 40.7 cm³/mol. The van der Waals surface area contributed by atoms with Crippen molar-refractivity contribution in [3.05, 3.63) is 23.0 Å². The summed E-state index contributed by atoms with van der Waals surface area (Å²) in [5.74, 6) is 2.89. The Morgan fingerprint density at radius 2 is 1.88 bits per heavy atom. The largest absolute Gasteiger partial charge is 0.148 e. The summed E-state index contributed by atoms with van der Waals surface area (Å²) in [4.78, 5) is 0. The van der Waals surface area contributed by atoms with E-state index in [1.54, 1.807) is 0 Å². The molecule has 1 aliphatic heterocycles. The molecular formula is C7H8S. The molecule has 0 fully saturated rings. The van der Waals surface area contributed by atoms with Crippen molar-refractivity contribution >= 4 is 10.9 Å². The monoisotopic (exact) mass is 124 g/mol. The predicted octanol–water partition coefficient (Wildman–Crippen LogP) is 2.01. The maximum Gasteiger partial charge on any atom is -0.00185 e. The highest BCUT2D eigenvalue weighted by atomic mass is 32.2. The summed E-state index contributed by atoms with van der Waals surface area (Å²) in [6.45, 7) is 1.88. The second-order valence-corrected chi connectivity index (χ2v) is 3.09. The molecule has 0 atom stereocenters. The molecule has 1 aliphatic rings. The van der Waals surface area contributed by atoms with Gasteiger partial charge in [0.2, 0.25) is 0 Å². The third kappa shape index (κ3) is 1.18. The molecule has 0 N–H and O–H groups in total. The van der Waals surface area contributed by atoms with Crippen molar-refractivity contribution in [1.29, 1.82) is 0 Å². The van der Waals surface area contributed by atoms with Crippen LogP contribution in [0.3, 0.4) is 0 Å². The van der Waals surface area contributed by atoms with Crippen molar-refractivity contribution in [2.45, 2.75) is 6.92 Å². The van der Waals surface area contributed by atoms with Crippen LogP contribution in [-0.2, 0) is 0 Å².